The van der Waals surface area contributed by atoms with Crippen molar-refractivity contribution in [2.75, 3.05) is 13.7 Å². The van der Waals surface area contributed by atoms with Crippen molar-refractivity contribution in [3.05, 3.63) is 89.0 Å². The summed E-state index contributed by atoms with van der Waals surface area (Å²) in [6.45, 7) is -1.81. The number of alkyl halides is 4. The predicted octanol–water partition coefficient (Wildman–Crippen LogP) is 5.50. The maximum Gasteiger partial charge on any atom is 0.330 e. The highest BCUT2D eigenvalue weighted by Gasteiger charge is 2.41. The number of hydrazone groups is 1. The van der Waals surface area contributed by atoms with Gasteiger partial charge in [-0.1, -0.05) is 36.4 Å². The van der Waals surface area contributed by atoms with E-state index >= 15 is 0 Å². The number of rotatable bonds is 9. The Balaban J connectivity index is 1.47. The second-order valence-corrected chi connectivity index (χ2v) is 7.97. The van der Waals surface area contributed by atoms with Gasteiger partial charge < -0.3 is 14.2 Å². The van der Waals surface area contributed by atoms with E-state index in [1.54, 1.807) is 24.3 Å². The van der Waals surface area contributed by atoms with E-state index in [9.17, 15) is 22.4 Å². The van der Waals surface area contributed by atoms with Crippen LogP contribution < -0.4 is 14.9 Å². The van der Waals surface area contributed by atoms with Crippen LogP contribution in [-0.2, 0) is 16.1 Å². The second-order valence-electron chi connectivity index (χ2n) is 7.97. The molecule has 36 heavy (non-hydrogen) atoms. The summed E-state index contributed by atoms with van der Waals surface area (Å²) in [6, 6.07) is 19.2. The first-order valence-electron chi connectivity index (χ1n) is 10.9. The van der Waals surface area contributed by atoms with Gasteiger partial charge in [0.05, 0.1) is 25.8 Å². The molecule has 4 rings (SSSR count). The zero-order valence-electron chi connectivity index (χ0n) is 19.1. The summed E-state index contributed by atoms with van der Waals surface area (Å²) in [7, 11) is 1.38. The van der Waals surface area contributed by atoms with Crippen LogP contribution in [-0.4, -0.2) is 38.2 Å². The van der Waals surface area contributed by atoms with Crippen molar-refractivity contribution in [1.82, 2.24) is 5.43 Å². The summed E-state index contributed by atoms with van der Waals surface area (Å²) in [5.41, 5.74) is 4.80. The number of benzene rings is 3. The molecule has 0 bridgehead atoms. The van der Waals surface area contributed by atoms with Crippen LogP contribution in [0, 0.1) is 0 Å². The lowest BCUT2D eigenvalue weighted by molar-refractivity contribution is -0.168. The molecule has 3 aromatic carbocycles. The van der Waals surface area contributed by atoms with Crippen molar-refractivity contribution in [3.8, 4) is 17.2 Å². The standard InChI is InChI=1S/C26H22F4N2O4/c1-34-20-11-10-16(12-17(20)14-35-15-26(29,30)25(27)28)13-31-32-24(33)23-18-6-2-4-8-21(18)36-22-9-5-3-7-19(22)23/h2-13,23,25H,14-15H2,1H3,(H,32,33)/b31-13-. The van der Waals surface area contributed by atoms with Gasteiger partial charge in [-0.25, -0.2) is 14.2 Å². The molecule has 0 aliphatic carbocycles. The Morgan fingerprint density at radius 3 is 2.33 bits per heavy atom. The molecule has 0 unspecified atom stereocenters. The number of para-hydroxylation sites is 2. The molecule has 0 atom stereocenters. The smallest absolute Gasteiger partial charge is 0.330 e. The molecule has 3 aromatic rings. The summed E-state index contributed by atoms with van der Waals surface area (Å²) in [5, 5.41) is 4.04. The van der Waals surface area contributed by atoms with Crippen LogP contribution in [0.4, 0.5) is 17.6 Å². The minimum Gasteiger partial charge on any atom is -0.496 e. The van der Waals surface area contributed by atoms with Crippen molar-refractivity contribution in [2.24, 2.45) is 5.10 Å². The van der Waals surface area contributed by atoms with E-state index in [0.717, 1.165) is 0 Å². The van der Waals surface area contributed by atoms with Crippen molar-refractivity contribution in [2.45, 2.75) is 24.9 Å². The molecule has 10 heteroatoms. The van der Waals surface area contributed by atoms with E-state index < -0.39 is 24.9 Å². The monoisotopic (exact) mass is 502 g/mol. The molecule has 0 saturated heterocycles. The van der Waals surface area contributed by atoms with Gasteiger partial charge in [0.2, 0.25) is 0 Å². The van der Waals surface area contributed by atoms with Gasteiger partial charge in [-0.2, -0.15) is 13.9 Å². The van der Waals surface area contributed by atoms with Gasteiger partial charge >= 0.3 is 12.3 Å². The zero-order valence-corrected chi connectivity index (χ0v) is 19.1. The number of nitrogens with zero attached hydrogens (tertiary/aromatic N) is 1. The van der Waals surface area contributed by atoms with Crippen molar-refractivity contribution in [3.63, 3.8) is 0 Å². The van der Waals surface area contributed by atoms with Crippen LogP contribution in [0.2, 0.25) is 0 Å². The van der Waals surface area contributed by atoms with Crippen molar-refractivity contribution >= 4 is 12.1 Å². The number of carbonyl (C=O) groups is 1. The third kappa shape index (κ3) is 5.49. The molecule has 1 aliphatic rings. The Labute approximate surface area is 204 Å². The lowest BCUT2D eigenvalue weighted by Gasteiger charge is -2.26. The van der Waals surface area contributed by atoms with Gasteiger partial charge in [0, 0.05) is 16.7 Å². The maximum atomic E-state index is 13.1. The molecule has 0 fully saturated rings. The average molecular weight is 502 g/mol. The van der Waals surface area contributed by atoms with Crippen molar-refractivity contribution < 1.29 is 36.6 Å². The van der Waals surface area contributed by atoms with Gasteiger partial charge in [0.25, 0.3) is 5.91 Å². The molecule has 0 saturated carbocycles. The highest BCUT2D eigenvalue weighted by Crippen LogP contribution is 2.43. The van der Waals surface area contributed by atoms with E-state index in [1.807, 2.05) is 36.4 Å². The summed E-state index contributed by atoms with van der Waals surface area (Å²) < 4.78 is 66.8. The number of methoxy groups -OCH3 is 1. The second kappa shape index (κ2) is 10.8. The minimum absolute atomic E-state index is 0.326. The topological polar surface area (TPSA) is 69.2 Å². The Kier molecular flexibility index (Phi) is 7.54. The van der Waals surface area contributed by atoms with Crippen LogP contribution in [0.15, 0.2) is 71.8 Å². The number of fused-ring (bicyclic) bond motifs is 2. The van der Waals surface area contributed by atoms with Crippen LogP contribution in [0.1, 0.15) is 28.2 Å². The SMILES string of the molecule is COc1ccc(/C=N\NC(=O)C2c3ccccc3Oc3ccccc32)cc1COCC(F)(F)C(F)F. The Morgan fingerprint density at radius 1 is 1.08 bits per heavy atom. The molecule has 6 nitrogen and oxygen atoms in total. The fraction of sp³-hybridized carbons (Fsp3) is 0.231. The fourth-order valence-electron chi connectivity index (χ4n) is 3.78. The molecule has 1 amide bonds. The fourth-order valence-corrected chi connectivity index (χ4v) is 3.78. The first-order valence-corrected chi connectivity index (χ1v) is 10.9. The number of nitrogens with one attached hydrogen (secondary N) is 1. The summed E-state index contributed by atoms with van der Waals surface area (Å²) >= 11 is 0. The Bertz CT molecular complexity index is 1220. The van der Waals surface area contributed by atoms with E-state index in [4.69, 9.17) is 14.2 Å². The Morgan fingerprint density at radius 2 is 1.72 bits per heavy atom. The van der Waals surface area contributed by atoms with E-state index in [1.165, 1.54) is 19.4 Å². The first-order chi connectivity index (χ1) is 17.3. The molecule has 1 N–H and O–H groups in total. The summed E-state index contributed by atoms with van der Waals surface area (Å²) in [5.74, 6) is -3.78. The number of hydrogen-bond acceptors (Lipinski definition) is 5. The summed E-state index contributed by atoms with van der Waals surface area (Å²) in [4.78, 5) is 13.1. The van der Waals surface area contributed by atoms with Gasteiger partial charge in [-0.05, 0) is 35.9 Å². The highest BCUT2D eigenvalue weighted by atomic mass is 19.3. The van der Waals surface area contributed by atoms with Crippen LogP contribution in [0.3, 0.4) is 0 Å². The third-order valence-electron chi connectivity index (χ3n) is 5.51. The molecule has 0 radical (unpaired) electrons. The van der Waals surface area contributed by atoms with Crippen LogP contribution in [0.25, 0.3) is 0 Å². The molecule has 1 aliphatic heterocycles. The Hall–Kier alpha value is -3.92. The molecule has 0 aromatic heterocycles. The van der Waals surface area contributed by atoms with Gasteiger partial charge in [0.1, 0.15) is 23.9 Å². The molecule has 0 spiro atoms. The van der Waals surface area contributed by atoms with Crippen LogP contribution >= 0.6 is 0 Å². The van der Waals surface area contributed by atoms with Gasteiger partial charge in [0.15, 0.2) is 0 Å². The lowest BCUT2D eigenvalue weighted by atomic mass is 9.87. The molecular weight excluding hydrogens is 480 g/mol. The summed E-state index contributed by atoms with van der Waals surface area (Å²) in [6.07, 6.45) is -2.46. The molecule has 1 heterocycles. The number of halogens is 4. The van der Waals surface area contributed by atoms with Crippen molar-refractivity contribution in [1.29, 1.82) is 0 Å². The average Bonchev–Trinajstić information content (AvgIpc) is 2.87. The number of ether oxygens (including phenoxy) is 3. The highest BCUT2D eigenvalue weighted by molar-refractivity contribution is 5.90. The molecular formula is C26H22F4N2O4. The minimum atomic E-state index is -4.25. The van der Waals surface area contributed by atoms with E-state index in [2.05, 4.69) is 10.5 Å². The number of carbonyl (C=O) groups excluding carboxylic acids is 1. The largest absolute Gasteiger partial charge is 0.496 e. The molecule has 188 valence electrons. The van der Waals surface area contributed by atoms with Gasteiger partial charge in [-0.3, -0.25) is 4.79 Å². The number of amides is 1. The first kappa shape index (κ1) is 25.2. The lowest BCUT2D eigenvalue weighted by Crippen LogP contribution is -2.32. The van der Waals surface area contributed by atoms with Crippen LogP contribution in [0.5, 0.6) is 17.2 Å². The number of hydrogen-bond donors (Lipinski definition) is 1. The normalized spacial score (nSPS) is 13.3. The predicted molar refractivity (Wildman–Crippen MR) is 124 cm³/mol. The van der Waals surface area contributed by atoms with E-state index in [0.29, 0.717) is 39.5 Å². The zero-order chi connectivity index (χ0) is 25.7. The third-order valence-corrected chi connectivity index (χ3v) is 5.51. The quantitative estimate of drug-likeness (QED) is 0.238. The maximum absolute atomic E-state index is 13.1. The van der Waals surface area contributed by atoms with E-state index in [-0.39, 0.29) is 12.5 Å². The van der Waals surface area contributed by atoms with Gasteiger partial charge in [-0.15, -0.1) is 0 Å².